The van der Waals surface area contributed by atoms with Crippen LogP contribution in [0.3, 0.4) is 0 Å². The minimum absolute atomic E-state index is 0.790. The Labute approximate surface area is 59.6 Å². The second-order valence-corrected chi connectivity index (χ2v) is 2.15. The van der Waals surface area contributed by atoms with Crippen LogP contribution in [0.15, 0.2) is 24.4 Å². The van der Waals surface area contributed by atoms with Crippen LogP contribution in [0, 0.1) is 0 Å². The molecule has 0 bridgehead atoms. The normalized spacial score (nSPS) is 14.0. The molecule has 0 spiro atoms. The molecule has 1 aromatic heterocycles. The van der Waals surface area contributed by atoms with E-state index in [1.54, 1.807) is 6.20 Å². The summed E-state index contributed by atoms with van der Waals surface area (Å²) in [5, 5.41) is 4.24. The van der Waals surface area contributed by atoms with Crippen LogP contribution in [-0.2, 0) is 0 Å². The summed E-state index contributed by atoms with van der Waals surface area (Å²) in [6.07, 6.45) is 5.79. The van der Waals surface area contributed by atoms with Crippen LogP contribution in [0.1, 0.15) is 5.69 Å². The predicted octanol–water partition coefficient (Wildman–Crippen LogP) is 1.34. The van der Waals surface area contributed by atoms with Gasteiger partial charge in [-0.2, -0.15) is 0 Å². The maximum Gasteiger partial charge on any atom is 0.0879 e. The highest BCUT2D eigenvalue weighted by Crippen LogP contribution is 2.16. The maximum absolute atomic E-state index is 4.24. The second-order valence-electron chi connectivity index (χ2n) is 2.15. The SMILES string of the molecule is C1=Cc2ncccc2[N]C1. The third-order valence-electron chi connectivity index (χ3n) is 1.46. The van der Waals surface area contributed by atoms with Gasteiger partial charge in [-0.1, -0.05) is 6.08 Å². The van der Waals surface area contributed by atoms with Gasteiger partial charge in [0, 0.05) is 6.20 Å². The van der Waals surface area contributed by atoms with E-state index in [4.69, 9.17) is 0 Å². The Hall–Kier alpha value is -1.31. The Balaban J connectivity index is 2.54. The summed E-state index contributed by atoms with van der Waals surface area (Å²) >= 11 is 0. The van der Waals surface area contributed by atoms with Crippen molar-refractivity contribution in [1.82, 2.24) is 10.3 Å². The summed E-state index contributed by atoms with van der Waals surface area (Å²) in [7, 11) is 0. The quantitative estimate of drug-likeness (QED) is 0.522. The molecule has 2 heteroatoms. The Kier molecular flexibility index (Phi) is 1.17. The second kappa shape index (κ2) is 2.14. The first-order valence-electron chi connectivity index (χ1n) is 3.26. The van der Waals surface area contributed by atoms with Gasteiger partial charge in [0.15, 0.2) is 0 Å². The summed E-state index contributed by atoms with van der Waals surface area (Å²) in [5.74, 6) is 0. The van der Waals surface area contributed by atoms with Crippen molar-refractivity contribution in [1.29, 1.82) is 0 Å². The maximum atomic E-state index is 4.24. The van der Waals surface area contributed by atoms with Gasteiger partial charge in [0.05, 0.1) is 17.9 Å². The Morgan fingerprint density at radius 1 is 1.40 bits per heavy atom. The number of hydrogen-bond acceptors (Lipinski definition) is 1. The lowest BCUT2D eigenvalue weighted by Crippen LogP contribution is -2.03. The minimum atomic E-state index is 0.790. The molecule has 0 aliphatic carbocycles. The van der Waals surface area contributed by atoms with E-state index in [0.29, 0.717) is 0 Å². The topological polar surface area (TPSA) is 27.0 Å². The fourth-order valence-electron chi connectivity index (χ4n) is 0.987. The average molecular weight is 131 g/mol. The molecule has 2 rings (SSSR count). The molecule has 1 aliphatic heterocycles. The molecule has 2 heterocycles. The van der Waals surface area contributed by atoms with Crippen LogP contribution in [0.5, 0.6) is 0 Å². The van der Waals surface area contributed by atoms with Crippen molar-refractivity contribution in [2.75, 3.05) is 6.54 Å². The number of hydrogen-bond donors (Lipinski definition) is 0. The largest absolute Gasteiger partial charge is 0.279 e. The third-order valence-corrected chi connectivity index (χ3v) is 1.46. The molecule has 49 valence electrons. The number of aromatic nitrogens is 1. The lowest BCUT2D eigenvalue weighted by atomic mass is 10.2. The van der Waals surface area contributed by atoms with Crippen LogP contribution in [0.4, 0.5) is 5.69 Å². The fraction of sp³-hybridized carbons (Fsp3) is 0.125. The molecule has 2 nitrogen and oxygen atoms in total. The molecular weight excluding hydrogens is 124 g/mol. The number of rotatable bonds is 0. The zero-order chi connectivity index (χ0) is 6.81. The molecule has 0 N–H and O–H groups in total. The van der Waals surface area contributed by atoms with Crippen molar-refractivity contribution >= 4 is 11.8 Å². The van der Waals surface area contributed by atoms with Gasteiger partial charge in [-0.25, -0.2) is 0 Å². The number of fused-ring (bicyclic) bond motifs is 1. The molecule has 0 saturated carbocycles. The van der Waals surface area contributed by atoms with Gasteiger partial charge >= 0.3 is 0 Å². The van der Waals surface area contributed by atoms with Crippen molar-refractivity contribution in [2.24, 2.45) is 0 Å². The van der Waals surface area contributed by atoms with Crippen LogP contribution in [0.2, 0.25) is 0 Å². The van der Waals surface area contributed by atoms with Gasteiger partial charge in [0.2, 0.25) is 0 Å². The molecule has 1 aliphatic rings. The van der Waals surface area contributed by atoms with E-state index < -0.39 is 0 Å². The lowest BCUT2D eigenvalue weighted by molar-refractivity contribution is 0.950. The van der Waals surface area contributed by atoms with E-state index in [1.165, 1.54) is 0 Å². The highest BCUT2D eigenvalue weighted by atomic mass is 14.9. The van der Waals surface area contributed by atoms with E-state index >= 15 is 0 Å². The molecular formula is C8H7N2. The number of nitrogens with zero attached hydrogens (tertiary/aromatic N) is 2. The monoisotopic (exact) mass is 131 g/mol. The summed E-state index contributed by atoms with van der Waals surface area (Å²) in [6, 6.07) is 3.88. The Morgan fingerprint density at radius 3 is 3.30 bits per heavy atom. The van der Waals surface area contributed by atoms with Gasteiger partial charge in [0.25, 0.3) is 0 Å². The van der Waals surface area contributed by atoms with Crippen LogP contribution in [-0.4, -0.2) is 11.5 Å². The van der Waals surface area contributed by atoms with Crippen molar-refractivity contribution < 1.29 is 0 Å². The number of pyridine rings is 1. The molecule has 0 fully saturated rings. The Bertz CT molecular complexity index is 266. The van der Waals surface area contributed by atoms with E-state index in [-0.39, 0.29) is 0 Å². The molecule has 0 saturated heterocycles. The Morgan fingerprint density at radius 2 is 2.40 bits per heavy atom. The average Bonchev–Trinajstić information content (AvgIpc) is 2.05. The van der Waals surface area contributed by atoms with Gasteiger partial charge in [0.1, 0.15) is 0 Å². The first kappa shape index (κ1) is 5.47. The molecule has 0 atom stereocenters. The van der Waals surface area contributed by atoms with E-state index in [0.717, 1.165) is 17.9 Å². The van der Waals surface area contributed by atoms with E-state index in [9.17, 15) is 0 Å². The first-order chi connectivity index (χ1) is 4.97. The summed E-state index contributed by atoms with van der Waals surface area (Å²) < 4.78 is 0. The zero-order valence-electron chi connectivity index (χ0n) is 5.49. The highest BCUT2D eigenvalue weighted by molar-refractivity contribution is 5.61. The zero-order valence-corrected chi connectivity index (χ0v) is 5.49. The van der Waals surface area contributed by atoms with Crippen LogP contribution < -0.4 is 5.32 Å². The first-order valence-corrected chi connectivity index (χ1v) is 3.26. The highest BCUT2D eigenvalue weighted by Gasteiger charge is 2.02. The van der Waals surface area contributed by atoms with E-state index in [1.807, 2.05) is 24.3 Å². The molecule has 1 radical (unpaired) electrons. The molecule has 1 aromatic rings. The molecule has 10 heavy (non-hydrogen) atoms. The van der Waals surface area contributed by atoms with Gasteiger partial charge in [-0.05, 0) is 18.2 Å². The van der Waals surface area contributed by atoms with Crippen molar-refractivity contribution in [3.05, 3.63) is 30.1 Å². The van der Waals surface area contributed by atoms with Gasteiger partial charge in [-0.3, -0.25) is 10.3 Å². The molecule has 0 unspecified atom stereocenters. The third kappa shape index (κ3) is 0.778. The van der Waals surface area contributed by atoms with Crippen LogP contribution in [0.25, 0.3) is 6.08 Å². The van der Waals surface area contributed by atoms with Crippen molar-refractivity contribution in [2.45, 2.75) is 0 Å². The van der Waals surface area contributed by atoms with Crippen molar-refractivity contribution in [3.63, 3.8) is 0 Å². The van der Waals surface area contributed by atoms with E-state index in [2.05, 4.69) is 10.3 Å². The predicted molar refractivity (Wildman–Crippen MR) is 39.9 cm³/mol. The smallest absolute Gasteiger partial charge is 0.0879 e. The molecule has 0 amide bonds. The summed E-state index contributed by atoms with van der Waals surface area (Å²) in [4.78, 5) is 4.14. The standard InChI is InChI=1S/C8H7N2/c1-3-7-8(9-5-1)4-2-6-10-7/h1-5H,6H2. The lowest BCUT2D eigenvalue weighted by Gasteiger charge is -2.07. The van der Waals surface area contributed by atoms with Crippen molar-refractivity contribution in [3.8, 4) is 0 Å². The van der Waals surface area contributed by atoms with Gasteiger partial charge < -0.3 is 0 Å². The minimum Gasteiger partial charge on any atom is -0.279 e. The summed E-state index contributed by atoms with van der Waals surface area (Å²) in [6.45, 7) is 0.790. The van der Waals surface area contributed by atoms with Gasteiger partial charge in [-0.15, -0.1) is 0 Å². The van der Waals surface area contributed by atoms with Crippen LogP contribution >= 0.6 is 0 Å². The molecule has 0 aromatic carbocycles. The fourth-order valence-corrected chi connectivity index (χ4v) is 0.987. The summed E-state index contributed by atoms with van der Waals surface area (Å²) in [5.41, 5.74) is 1.98.